The van der Waals surface area contributed by atoms with Gasteiger partial charge in [-0.25, -0.2) is 0 Å². The van der Waals surface area contributed by atoms with Crippen LogP contribution >= 0.6 is 0 Å². The number of benzene rings is 1. The summed E-state index contributed by atoms with van der Waals surface area (Å²) in [4.78, 5) is 4.71. The normalized spacial score (nSPS) is 21.9. The van der Waals surface area contributed by atoms with Crippen LogP contribution in [-0.2, 0) is 6.54 Å². The van der Waals surface area contributed by atoms with Crippen molar-refractivity contribution in [3.63, 3.8) is 0 Å². The Bertz CT molecular complexity index is 574. The fraction of sp³-hybridized carbons (Fsp3) is 0.471. The van der Waals surface area contributed by atoms with Gasteiger partial charge in [0.15, 0.2) is 0 Å². The van der Waals surface area contributed by atoms with Gasteiger partial charge in [0.25, 0.3) is 0 Å². The van der Waals surface area contributed by atoms with E-state index in [0.29, 0.717) is 11.5 Å². The lowest BCUT2D eigenvalue weighted by atomic mass is 9.92. The van der Waals surface area contributed by atoms with E-state index in [4.69, 9.17) is 4.98 Å². The van der Waals surface area contributed by atoms with Crippen molar-refractivity contribution in [1.82, 2.24) is 10.3 Å². The molecule has 2 aromatic rings. The van der Waals surface area contributed by atoms with Crippen molar-refractivity contribution in [1.29, 1.82) is 0 Å². The molecule has 1 saturated carbocycles. The first-order valence-electron chi connectivity index (χ1n) is 7.20. The van der Waals surface area contributed by atoms with Crippen molar-refractivity contribution in [2.24, 2.45) is 5.41 Å². The topological polar surface area (TPSA) is 24.9 Å². The second-order valence-electron chi connectivity index (χ2n) is 6.48. The van der Waals surface area contributed by atoms with Crippen LogP contribution in [0.2, 0.25) is 0 Å². The Hall–Kier alpha value is -1.41. The summed E-state index contributed by atoms with van der Waals surface area (Å²) in [6.07, 6.45) is 3.90. The van der Waals surface area contributed by atoms with Crippen molar-refractivity contribution < 1.29 is 0 Å². The number of nitrogens with one attached hydrogen (secondary N) is 1. The van der Waals surface area contributed by atoms with Crippen molar-refractivity contribution in [2.75, 3.05) is 0 Å². The molecule has 1 aliphatic carbocycles. The molecule has 0 amide bonds. The van der Waals surface area contributed by atoms with Gasteiger partial charge in [0, 0.05) is 18.0 Å². The molecule has 2 heteroatoms. The van der Waals surface area contributed by atoms with Gasteiger partial charge in [-0.2, -0.15) is 0 Å². The van der Waals surface area contributed by atoms with E-state index in [9.17, 15) is 0 Å². The smallest absolute Gasteiger partial charge is 0.0705 e. The fourth-order valence-electron chi connectivity index (χ4n) is 3.07. The van der Waals surface area contributed by atoms with Crippen LogP contribution in [0.4, 0.5) is 0 Å². The molecule has 19 heavy (non-hydrogen) atoms. The summed E-state index contributed by atoms with van der Waals surface area (Å²) in [5, 5.41) is 4.87. The maximum Gasteiger partial charge on any atom is 0.0705 e. The second-order valence-corrected chi connectivity index (χ2v) is 6.48. The Morgan fingerprint density at radius 3 is 2.84 bits per heavy atom. The summed E-state index contributed by atoms with van der Waals surface area (Å²) < 4.78 is 0. The van der Waals surface area contributed by atoms with E-state index < -0.39 is 0 Å². The quantitative estimate of drug-likeness (QED) is 0.898. The standard InChI is InChI=1S/C17H22N2/c1-17(2)10-9-14(11-17)18-12-15-8-7-13-5-3-4-6-16(13)19-15/h3-8,14,18H,9-12H2,1-2H3. The van der Waals surface area contributed by atoms with E-state index in [0.717, 1.165) is 17.8 Å². The molecule has 1 fully saturated rings. The Labute approximate surface area is 115 Å². The zero-order chi connectivity index (χ0) is 13.3. The minimum absolute atomic E-state index is 0.508. The highest BCUT2D eigenvalue weighted by Crippen LogP contribution is 2.36. The number of hydrogen-bond acceptors (Lipinski definition) is 2. The van der Waals surface area contributed by atoms with E-state index in [-0.39, 0.29) is 0 Å². The number of para-hydroxylation sites is 1. The lowest BCUT2D eigenvalue weighted by Crippen LogP contribution is -2.27. The summed E-state index contributed by atoms with van der Waals surface area (Å²) in [7, 11) is 0. The van der Waals surface area contributed by atoms with Crippen molar-refractivity contribution in [3.8, 4) is 0 Å². The van der Waals surface area contributed by atoms with Crippen LogP contribution in [0.1, 0.15) is 38.8 Å². The number of rotatable bonds is 3. The first-order valence-corrected chi connectivity index (χ1v) is 7.20. The highest BCUT2D eigenvalue weighted by molar-refractivity contribution is 5.78. The van der Waals surface area contributed by atoms with E-state index in [1.807, 2.05) is 6.07 Å². The number of aromatic nitrogens is 1. The highest BCUT2D eigenvalue weighted by atomic mass is 14.9. The predicted molar refractivity (Wildman–Crippen MR) is 80.0 cm³/mol. The van der Waals surface area contributed by atoms with Gasteiger partial charge in [-0.3, -0.25) is 4.98 Å². The van der Waals surface area contributed by atoms with Crippen LogP contribution in [-0.4, -0.2) is 11.0 Å². The first kappa shape index (κ1) is 12.6. The molecule has 1 aliphatic rings. The summed E-state index contributed by atoms with van der Waals surface area (Å²) in [5.74, 6) is 0. The zero-order valence-corrected chi connectivity index (χ0v) is 11.8. The van der Waals surface area contributed by atoms with Crippen LogP contribution in [0.25, 0.3) is 10.9 Å². The van der Waals surface area contributed by atoms with Crippen LogP contribution in [0, 0.1) is 5.41 Å². The van der Waals surface area contributed by atoms with Crippen LogP contribution in [0.5, 0.6) is 0 Å². The second kappa shape index (κ2) is 4.93. The summed E-state index contributed by atoms with van der Waals surface area (Å²) in [6, 6.07) is 13.3. The van der Waals surface area contributed by atoms with Crippen LogP contribution < -0.4 is 5.32 Å². The number of fused-ring (bicyclic) bond motifs is 1. The molecule has 1 N–H and O–H groups in total. The molecular formula is C17H22N2. The van der Waals surface area contributed by atoms with Gasteiger partial charge >= 0.3 is 0 Å². The van der Waals surface area contributed by atoms with E-state index in [2.05, 4.69) is 49.5 Å². The number of pyridine rings is 1. The van der Waals surface area contributed by atoms with Crippen molar-refractivity contribution in [3.05, 3.63) is 42.1 Å². The molecule has 1 heterocycles. The lowest BCUT2D eigenvalue weighted by Gasteiger charge is -2.17. The Morgan fingerprint density at radius 2 is 2.05 bits per heavy atom. The average Bonchev–Trinajstić information content (AvgIpc) is 2.76. The van der Waals surface area contributed by atoms with Gasteiger partial charge in [0.1, 0.15) is 0 Å². The van der Waals surface area contributed by atoms with Gasteiger partial charge in [0.05, 0.1) is 11.2 Å². The Morgan fingerprint density at radius 1 is 1.21 bits per heavy atom. The molecule has 2 nitrogen and oxygen atoms in total. The van der Waals surface area contributed by atoms with Crippen molar-refractivity contribution >= 4 is 10.9 Å². The third-order valence-corrected chi connectivity index (χ3v) is 4.20. The number of nitrogens with zero attached hydrogens (tertiary/aromatic N) is 1. The lowest BCUT2D eigenvalue weighted by molar-refractivity contribution is 0.364. The molecule has 1 atom stereocenters. The molecule has 0 radical (unpaired) electrons. The Balaban J connectivity index is 1.66. The molecule has 0 spiro atoms. The van der Waals surface area contributed by atoms with Gasteiger partial charge < -0.3 is 5.32 Å². The maximum atomic E-state index is 4.71. The summed E-state index contributed by atoms with van der Waals surface area (Å²) >= 11 is 0. The maximum absolute atomic E-state index is 4.71. The zero-order valence-electron chi connectivity index (χ0n) is 11.8. The molecule has 0 saturated heterocycles. The molecule has 100 valence electrons. The first-order chi connectivity index (χ1) is 9.12. The minimum Gasteiger partial charge on any atom is -0.308 e. The highest BCUT2D eigenvalue weighted by Gasteiger charge is 2.30. The summed E-state index contributed by atoms with van der Waals surface area (Å²) in [5.41, 5.74) is 2.74. The molecule has 3 rings (SSSR count). The van der Waals surface area contributed by atoms with Crippen LogP contribution in [0.3, 0.4) is 0 Å². The molecule has 0 aliphatic heterocycles. The fourth-order valence-corrected chi connectivity index (χ4v) is 3.07. The molecule has 1 aromatic carbocycles. The minimum atomic E-state index is 0.508. The number of hydrogen-bond donors (Lipinski definition) is 1. The predicted octanol–water partition coefficient (Wildman–Crippen LogP) is 3.90. The average molecular weight is 254 g/mol. The van der Waals surface area contributed by atoms with Crippen molar-refractivity contribution in [2.45, 2.75) is 45.7 Å². The summed E-state index contributed by atoms with van der Waals surface area (Å²) in [6.45, 7) is 5.61. The largest absolute Gasteiger partial charge is 0.308 e. The molecule has 1 unspecified atom stereocenters. The van der Waals surface area contributed by atoms with Crippen LogP contribution in [0.15, 0.2) is 36.4 Å². The van der Waals surface area contributed by atoms with E-state index in [1.54, 1.807) is 0 Å². The molecule has 0 bridgehead atoms. The van der Waals surface area contributed by atoms with Gasteiger partial charge in [-0.1, -0.05) is 38.1 Å². The van der Waals surface area contributed by atoms with Gasteiger partial charge in [0.2, 0.25) is 0 Å². The SMILES string of the molecule is CC1(C)CCC(NCc2ccc3ccccc3n2)C1. The third-order valence-electron chi connectivity index (χ3n) is 4.20. The molecular weight excluding hydrogens is 232 g/mol. The van der Waals surface area contributed by atoms with Gasteiger partial charge in [-0.15, -0.1) is 0 Å². The molecule has 1 aromatic heterocycles. The third kappa shape index (κ3) is 2.95. The Kier molecular flexibility index (Phi) is 3.28. The van der Waals surface area contributed by atoms with E-state index in [1.165, 1.54) is 24.6 Å². The van der Waals surface area contributed by atoms with Gasteiger partial charge in [-0.05, 0) is 36.8 Å². The monoisotopic (exact) mass is 254 g/mol. The van der Waals surface area contributed by atoms with E-state index >= 15 is 0 Å².